The fourth-order valence-corrected chi connectivity index (χ4v) is 25.2. The first-order valence-electron chi connectivity index (χ1n) is 13.5. The summed E-state index contributed by atoms with van der Waals surface area (Å²) >= 11 is -0.352. The topological polar surface area (TPSA) is 44.8 Å². The average Bonchev–Trinajstić information content (AvgIpc) is 3.23. The minimum absolute atomic E-state index is 0.0756. The van der Waals surface area contributed by atoms with E-state index >= 15 is 0 Å². The molecule has 0 fully saturated rings. The van der Waals surface area contributed by atoms with Gasteiger partial charge in [0.25, 0.3) is 0 Å². The summed E-state index contributed by atoms with van der Waals surface area (Å²) in [5.41, 5.74) is 2.34. The van der Waals surface area contributed by atoms with Gasteiger partial charge in [-0.25, -0.2) is 4.79 Å². The van der Waals surface area contributed by atoms with E-state index in [4.69, 9.17) is 14.2 Å². The van der Waals surface area contributed by atoms with Gasteiger partial charge in [0.05, 0.1) is 6.61 Å². The summed E-state index contributed by atoms with van der Waals surface area (Å²) in [5.74, 6) is 1.16. The fourth-order valence-electron chi connectivity index (χ4n) is 4.58. The number of benzene rings is 1. The van der Waals surface area contributed by atoms with Crippen molar-refractivity contribution in [3.8, 4) is 11.5 Å². The normalized spacial score (nSPS) is 11.5. The molecule has 1 heterocycles. The molecule has 0 aliphatic rings. The zero-order chi connectivity index (χ0) is 25.7. The molecule has 0 atom stereocenters. The summed E-state index contributed by atoms with van der Waals surface area (Å²) in [6, 6.07) is 8.32. The zero-order valence-electron chi connectivity index (χ0n) is 22.8. The Hall–Kier alpha value is -1.21. The molecule has 0 aliphatic heterocycles. The molecule has 1 aromatic heterocycles. The van der Waals surface area contributed by atoms with Crippen LogP contribution in [0.25, 0.3) is 0 Å². The monoisotopic (exact) mass is 610 g/mol. The van der Waals surface area contributed by atoms with Gasteiger partial charge < -0.3 is 4.74 Å². The van der Waals surface area contributed by atoms with Crippen molar-refractivity contribution in [2.45, 2.75) is 100.0 Å². The van der Waals surface area contributed by atoms with Crippen molar-refractivity contribution < 1.29 is 19.0 Å². The van der Waals surface area contributed by atoms with Crippen LogP contribution in [0.15, 0.2) is 24.3 Å². The summed E-state index contributed by atoms with van der Waals surface area (Å²) in [5, 5.41) is 0. The standard InChI is InChI=1S/C17H19O4S.3C4H9.Sn/c1-4-19-17(18)11-21-15-6-5-14(9-13(15)3)20-10-16-12(2)7-8-22-16;3*1-3-4-2;/h5-7,9H,4,10-11H2,1-3H3;3*1,3-4H2,2H3;. The number of carbonyl (C=O) groups is 1. The Labute approximate surface area is 221 Å². The van der Waals surface area contributed by atoms with Gasteiger partial charge >= 0.3 is 199 Å². The van der Waals surface area contributed by atoms with E-state index in [0.717, 1.165) is 11.3 Å². The van der Waals surface area contributed by atoms with Crippen LogP contribution in [0.2, 0.25) is 13.3 Å². The Bertz CT molecular complexity index is 886. The second-order valence-corrected chi connectivity index (χ2v) is 24.9. The van der Waals surface area contributed by atoms with Crippen molar-refractivity contribution in [1.29, 1.82) is 0 Å². The van der Waals surface area contributed by atoms with Crippen LogP contribution in [0.1, 0.15) is 82.2 Å². The predicted octanol–water partition coefficient (Wildman–Crippen LogP) is 7.94. The van der Waals surface area contributed by atoms with Crippen LogP contribution in [-0.2, 0) is 16.1 Å². The van der Waals surface area contributed by atoms with Crippen LogP contribution in [0.5, 0.6) is 11.5 Å². The molecular formula is C29H46O4SSn. The summed E-state index contributed by atoms with van der Waals surface area (Å²) in [6.07, 6.45) is 8.06. The van der Waals surface area contributed by atoms with Crippen LogP contribution >= 0.6 is 11.3 Å². The Morgan fingerprint density at radius 2 is 1.49 bits per heavy atom. The third-order valence-electron chi connectivity index (χ3n) is 6.74. The van der Waals surface area contributed by atoms with E-state index in [1.54, 1.807) is 9.82 Å². The van der Waals surface area contributed by atoms with Gasteiger partial charge in [0.2, 0.25) is 0 Å². The summed E-state index contributed by atoms with van der Waals surface area (Å²) in [6.45, 7) is 13.9. The molecule has 2 rings (SSSR count). The van der Waals surface area contributed by atoms with Gasteiger partial charge in [-0.15, -0.1) is 0 Å². The first kappa shape index (κ1) is 30.0. The van der Waals surface area contributed by atoms with Crippen LogP contribution < -0.4 is 12.4 Å². The molecule has 0 radical (unpaired) electrons. The average molecular weight is 609 g/mol. The zero-order valence-corrected chi connectivity index (χ0v) is 26.5. The molecule has 4 nitrogen and oxygen atoms in total. The van der Waals surface area contributed by atoms with E-state index in [1.807, 2.05) is 25.1 Å². The SMILES string of the molecule is CCC[CH2][Sn]([CH2]CCC)([CH2]CCC)[c]1cc(C)c(COc2ccc(OCC(=O)OCC)c(C)c2)s1. The summed E-state index contributed by atoms with van der Waals surface area (Å²) < 4.78 is 23.0. The molecule has 0 aliphatic carbocycles. The predicted molar refractivity (Wildman–Crippen MR) is 151 cm³/mol. The fraction of sp³-hybridized carbons (Fsp3) is 0.621. The van der Waals surface area contributed by atoms with Gasteiger partial charge in [0.15, 0.2) is 0 Å². The molecule has 0 saturated heterocycles. The van der Waals surface area contributed by atoms with Gasteiger partial charge in [0.1, 0.15) is 0 Å². The number of aryl methyl sites for hydroxylation is 2. The van der Waals surface area contributed by atoms with E-state index in [0.29, 0.717) is 19.0 Å². The van der Waals surface area contributed by atoms with Gasteiger partial charge in [-0.1, -0.05) is 0 Å². The van der Waals surface area contributed by atoms with E-state index in [2.05, 4.69) is 45.1 Å². The second kappa shape index (κ2) is 15.8. The number of unbranched alkanes of at least 4 members (excludes halogenated alkanes) is 3. The van der Waals surface area contributed by atoms with E-state index < -0.39 is 18.4 Å². The van der Waals surface area contributed by atoms with Crippen molar-refractivity contribution in [1.82, 2.24) is 0 Å². The van der Waals surface area contributed by atoms with Crippen molar-refractivity contribution in [2.24, 2.45) is 0 Å². The van der Waals surface area contributed by atoms with E-state index in [9.17, 15) is 4.79 Å². The van der Waals surface area contributed by atoms with E-state index in [1.165, 1.54) is 62.3 Å². The maximum atomic E-state index is 11.6. The first-order chi connectivity index (χ1) is 16.9. The quantitative estimate of drug-likeness (QED) is 0.135. The Kier molecular flexibility index (Phi) is 13.6. The van der Waals surface area contributed by atoms with Gasteiger partial charge in [-0.3, -0.25) is 0 Å². The molecule has 0 bridgehead atoms. The molecule has 1 aromatic carbocycles. The summed E-state index contributed by atoms with van der Waals surface area (Å²) in [4.78, 5) is 12.9. The van der Waals surface area contributed by atoms with Crippen molar-refractivity contribution >= 4 is 38.6 Å². The molecule has 0 amide bonds. The van der Waals surface area contributed by atoms with Crippen LogP contribution in [0, 0.1) is 13.8 Å². The Morgan fingerprint density at radius 3 is 2.03 bits per heavy atom. The van der Waals surface area contributed by atoms with Crippen LogP contribution in [0.3, 0.4) is 0 Å². The summed E-state index contributed by atoms with van der Waals surface area (Å²) in [7, 11) is 0. The molecule has 6 heteroatoms. The third kappa shape index (κ3) is 9.31. The molecule has 196 valence electrons. The Morgan fingerprint density at radius 1 is 0.857 bits per heavy atom. The maximum absolute atomic E-state index is 11.6. The van der Waals surface area contributed by atoms with Crippen molar-refractivity contribution in [3.05, 3.63) is 40.3 Å². The van der Waals surface area contributed by atoms with Gasteiger partial charge in [0, 0.05) is 0 Å². The number of ether oxygens (including phenoxy) is 3. The van der Waals surface area contributed by atoms with Crippen molar-refractivity contribution in [3.63, 3.8) is 0 Å². The number of carbonyl (C=O) groups excluding carboxylic acids is 1. The molecule has 35 heavy (non-hydrogen) atoms. The molecule has 0 unspecified atom stereocenters. The molecule has 0 saturated carbocycles. The number of rotatable bonds is 17. The Balaban J connectivity index is 2.13. The third-order valence-corrected chi connectivity index (χ3v) is 26.2. The molecular weight excluding hydrogens is 563 g/mol. The molecule has 0 spiro atoms. The van der Waals surface area contributed by atoms with Gasteiger partial charge in [-0.05, 0) is 6.92 Å². The second-order valence-electron chi connectivity index (χ2n) is 9.62. The van der Waals surface area contributed by atoms with Gasteiger partial charge in [-0.2, -0.15) is 0 Å². The van der Waals surface area contributed by atoms with Crippen molar-refractivity contribution in [2.75, 3.05) is 13.2 Å². The number of hydrogen-bond donors (Lipinski definition) is 0. The molecule has 0 N–H and O–H groups in total. The minimum atomic E-state index is -2.41. The van der Waals surface area contributed by atoms with E-state index in [-0.39, 0.29) is 12.6 Å². The number of hydrogen-bond acceptors (Lipinski definition) is 5. The number of esters is 1. The molecule has 2 aromatic rings. The van der Waals surface area contributed by atoms with Crippen LogP contribution in [0.4, 0.5) is 0 Å². The first-order valence-corrected chi connectivity index (χ1v) is 21.8. The van der Waals surface area contributed by atoms with Crippen LogP contribution in [-0.4, -0.2) is 37.6 Å². The number of thiophene rings is 1.